The van der Waals surface area contributed by atoms with E-state index in [-0.39, 0.29) is 24.3 Å². The van der Waals surface area contributed by atoms with Crippen LogP contribution >= 0.6 is 0 Å². The minimum atomic E-state index is -0.503. The number of amides is 4. The number of urea groups is 1. The second-order valence-electron chi connectivity index (χ2n) is 6.16. The van der Waals surface area contributed by atoms with Crippen molar-refractivity contribution in [2.24, 2.45) is 11.8 Å². The highest BCUT2D eigenvalue weighted by atomic mass is 16.2. The molecule has 1 atom stereocenters. The number of piperidine rings is 1. The van der Waals surface area contributed by atoms with Crippen LogP contribution in [-0.4, -0.2) is 53.3 Å². The van der Waals surface area contributed by atoms with E-state index in [1.54, 1.807) is 4.90 Å². The summed E-state index contributed by atoms with van der Waals surface area (Å²) in [5.41, 5.74) is 0. The minimum absolute atomic E-state index is 0.0300. The lowest BCUT2D eigenvalue weighted by atomic mass is 9.99. The zero-order valence-corrected chi connectivity index (χ0v) is 12.4. The van der Waals surface area contributed by atoms with Gasteiger partial charge in [0, 0.05) is 13.1 Å². The number of likely N-dealkylation sites (tertiary alicyclic amines) is 1. The predicted molar refractivity (Wildman–Crippen MR) is 73.8 cm³/mol. The lowest BCUT2D eigenvalue weighted by Gasteiger charge is -2.31. The number of hydrogen-bond donors (Lipinski definition) is 1. The van der Waals surface area contributed by atoms with Gasteiger partial charge in [-0.25, -0.2) is 4.79 Å². The van der Waals surface area contributed by atoms with E-state index in [9.17, 15) is 14.4 Å². The lowest BCUT2D eigenvalue weighted by molar-refractivity contribution is -0.138. The number of carbonyl (C=O) groups excluding carboxylic acids is 3. The zero-order chi connectivity index (χ0) is 14.9. The predicted octanol–water partition coefficient (Wildman–Crippen LogP) is 0.821. The van der Waals surface area contributed by atoms with E-state index in [0.29, 0.717) is 5.92 Å². The summed E-state index contributed by atoms with van der Waals surface area (Å²) in [7, 11) is 0. The largest absolute Gasteiger partial charge is 0.341 e. The van der Waals surface area contributed by atoms with Crippen molar-refractivity contribution in [1.29, 1.82) is 0 Å². The summed E-state index contributed by atoms with van der Waals surface area (Å²) in [5.74, 6) is 0.247. The Hall–Kier alpha value is -1.59. The molecule has 6 nitrogen and oxygen atoms in total. The summed E-state index contributed by atoms with van der Waals surface area (Å²) in [4.78, 5) is 38.9. The summed E-state index contributed by atoms with van der Waals surface area (Å²) in [6, 6.07) is -0.955. The van der Waals surface area contributed by atoms with Crippen LogP contribution in [0.1, 0.15) is 33.6 Å². The average Bonchev–Trinajstić information content (AvgIpc) is 2.67. The molecule has 4 amide bonds. The van der Waals surface area contributed by atoms with E-state index in [1.807, 2.05) is 13.8 Å². The van der Waals surface area contributed by atoms with Crippen LogP contribution in [0.3, 0.4) is 0 Å². The van der Waals surface area contributed by atoms with Gasteiger partial charge in [0.2, 0.25) is 5.91 Å². The average molecular weight is 281 g/mol. The standard InChI is InChI=1S/C14H23N3O3/c1-9(2)12-13(19)17(14(20)15-12)8-11(18)16-6-4-10(3)5-7-16/h9-10,12H,4-8H2,1-3H3,(H,15,20). The van der Waals surface area contributed by atoms with E-state index >= 15 is 0 Å². The third-order valence-corrected chi connectivity index (χ3v) is 4.15. The first-order valence-corrected chi connectivity index (χ1v) is 7.29. The molecule has 2 rings (SSSR count). The Kier molecular flexibility index (Phi) is 4.30. The molecule has 2 aliphatic rings. The maximum Gasteiger partial charge on any atom is 0.325 e. The molecule has 2 saturated heterocycles. The van der Waals surface area contributed by atoms with Crippen LogP contribution in [0.15, 0.2) is 0 Å². The van der Waals surface area contributed by atoms with Gasteiger partial charge < -0.3 is 10.2 Å². The van der Waals surface area contributed by atoms with Gasteiger partial charge in [0.1, 0.15) is 12.6 Å². The van der Waals surface area contributed by atoms with Gasteiger partial charge in [-0.2, -0.15) is 0 Å². The van der Waals surface area contributed by atoms with E-state index in [4.69, 9.17) is 0 Å². The van der Waals surface area contributed by atoms with Crippen molar-refractivity contribution < 1.29 is 14.4 Å². The summed E-state index contributed by atoms with van der Waals surface area (Å²) in [6.45, 7) is 7.23. The van der Waals surface area contributed by atoms with Gasteiger partial charge in [-0.1, -0.05) is 20.8 Å². The summed E-state index contributed by atoms with van der Waals surface area (Å²) in [6.07, 6.45) is 1.97. The molecular formula is C14H23N3O3. The van der Waals surface area contributed by atoms with Gasteiger partial charge in [-0.3, -0.25) is 14.5 Å². The highest BCUT2D eigenvalue weighted by Gasteiger charge is 2.41. The van der Waals surface area contributed by atoms with E-state index in [2.05, 4.69) is 12.2 Å². The van der Waals surface area contributed by atoms with Crippen LogP contribution in [0, 0.1) is 11.8 Å². The molecule has 2 heterocycles. The van der Waals surface area contributed by atoms with Crippen molar-refractivity contribution in [3.05, 3.63) is 0 Å². The molecule has 0 spiro atoms. The molecule has 0 aromatic heterocycles. The van der Waals surface area contributed by atoms with E-state index < -0.39 is 12.1 Å². The fourth-order valence-electron chi connectivity index (χ4n) is 2.64. The summed E-state index contributed by atoms with van der Waals surface area (Å²) in [5, 5.41) is 2.64. The maximum atomic E-state index is 12.2. The van der Waals surface area contributed by atoms with Crippen molar-refractivity contribution in [3.8, 4) is 0 Å². The van der Waals surface area contributed by atoms with Crippen molar-refractivity contribution in [2.45, 2.75) is 39.7 Å². The minimum Gasteiger partial charge on any atom is -0.341 e. The second kappa shape index (κ2) is 5.81. The summed E-state index contributed by atoms with van der Waals surface area (Å²) >= 11 is 0. The van der Waals surface area contributed by atoms with Crippen molar-refractivity contribution in [3.63, 3.8) is 0 Å². The van der Waals surface area contributed by atoms with Crippen molar-refractivity contribution in [1.82, 2.24) is 15.1 Å². The zero-order valence-electron chi connectivity index (χ0n) is 12.4. The number of carbonyl (C=O) groups is 3. The molecule has 6 heteroatoms. The Morgan fingerprint density at radius 2 is 1.90 bits per heavy atom. The Morgan fingerprint density at radius 3 is 2.40 bits per heavy atom. The van der Waals surface area contributed by atoms with E-state index in [0.717, 1.165) is 30.8 Å². The van der Waals surface area contributed by atoms with Gasteiger partial charge in [0.05, 0.1) is 0 Å². The lowest BCUT2D eigenvalue weighted by Crippen LogP contribution is -2.46. The van der Waals surface area contributed by atoms with Crippen LogP contribution in [-0.2, 0) is 9.59 Å². The SMILES string of the molecule is CC1CCN(C(=O)CN2C(=O)NC(C(C)C)C2=O)CC1. The molecular weight excluding hydrogens is 258 g/mol. The molecule has 0 aromatic rings. The van der Waals surface area contributed by atoms with Gasteiger partial charge in [-0.15, -0.1) is 0 Å². The first-order valence-electron chi connectivity index (χ1n) is 7.29. The van der Waals surface area contributed by atoms with Gasteiger partial charge in [0.15, 0.2) is 0 Å². The maximum absolute atomic E-state index is 12.2. The fourth-order valence-corrected chi connectivity index (χ4v) is 2.64. The Labute approximate surface area is 119 Å². The van der Waals surface area contributed by atoms with Crippen LogP contribution in [0.4, 0.5) is 4.79 Å². The number of nitrogens with one attached hydrogen (secondary N) is 1. The fraction of sp³-hybridized carbons (Fsp3) is 0.786. The molecule has 2 fully saturated rings. The number of imide groups is 1. The quantitative estimate of drug-likeness (QED) is 0.779. The van der Waals surface area contributed by atoms with Crippen LogP contribution in [0.2, 0.25) is 0 Å². The Balaban J connectivity index is 1.94. The Bertz CT molecular complexity index is 414. The monoisotopic (exact) mass is 281 g/mol. The van der Waals surface area contributed by atoms with Crippen molar-refractivity contribution >= 4 is 17.8 Å². The molecule has 0 radical (unpaired) electrons. The third-order valence-electron chi connectivity index (χ3n) is 4.15. The smallest absolute Gasteiger partial charge is 0.325 e. The molecule has 2 aliphatic heterocycles. The number of rotatable bonds is 3. The van der Waals surface area contributed by atoms with Crippen LogP contribution in [0.25, 0.3) is 0 Å². The highest BCUT2D eigenvalue weighted by Crippen LogP contribution is 2.18. The van der Waals surface area contributed by atoms with Crippen molar-refractivity contribution in [2.75, 3.05) is 19.6 Å². The molecule has 0 bridgehead atoms. The second-order valence-corrected chi connectivity index (χ2v) is 6.16. The number of nitrogens with zero attached hydrogens (tertiary/aromatic N) is 2. The van der Waals surface area contributed by atoms with E-state index in [1.165, 1.54) is 0 Å². The highest BCUT2D eigenvalue weighted by molar-refractivity contribution is 6.06. The third kappa shape index (κ3) is 2.94. The Morgan fingerprint density at radius 1 is 1.30 bits per heavy atom. The van der Waals surface area contributed by atoms with Gasteiger partial charge in [-0.05, 0) is 24.7 Å². The van der Waals surface area contributed by atoms with Crippen LogP contribution < -0.4 is 5.32 Å². The molecule has 1 unspecified atom stereocenters. The molecule has 20 heavy (non-hydrogen) atoms. The topological polar surface area (TPSA) is 69.7 Å². The first kappa shape index (κ1) is 14.8. The first-order chi connectivity index (χ1) is 9.40. The summed E-state index contributed by atoms with van der Waals surface area (Å²) < 4.78 is 0. The molecule has 0 aromatic carbocycles. The molecule has 112 valence electrons. The molecule has 0 aliphatic carbocycles. The van der Waals surface area contributed by atoms with Crippen LogP contribution in [0.5, 0.6) is 0 Å². The number of hydrogen-bond acceptors (Lipinski definition) is 3. The normalized spacial score (nSPS) is 24.5. The molecule has 0 saturated carbocycles. The van der Waals surface area contributed by atoms with Gasteiger partial charge in [0.25, 0.3) is 5.91 Å². The van der Waals surface area contributed by atoms with Gasteiger partial charge >= 0.3 is 6.03 Å². The molecule has 1 N–H and O–H groups in total.